The van der Waals surface area contributed by atoms with E-state index in [0.717, 1.165) is 0 Å². The Labute approximate surface area is 128 Å². The summed E-state index contributed by atoms with van der Waals surface area (Å²) in [5.41, 5.74) is 0.548. The molecule has 0 radical (unpaired) electrons. The van der Waals surface area contributed by atoms with Gasteiger partial charge in [0.15, 0.2) is 0 Å². The summed E-state index contributed by atoms with van der Waals surface area (Å²) in [7, 11) is -0.577. The second kappa shape index (κ2) is 6.05. The predicted molar refractivity (Wildman–Crippen MR) is 83.6 cm³/mol. The molecule has 0 saturated heterocycles. The van der Waals surface area contributed by atoms with E-state index in [1.807, 2.05) is 0 Å². The van der Waals surface area contributed by atoms with Gasteiger partial charge in [-0.15, -0.1) is 11.3 Å². The standard InChI is InChI=1S/C14H17NO4S2/c1-10-14(8-13(9-16)20-10)21(17,18)15(2)11-4-6-12(19-3)7-5-11/h4-8,16H,9H2,1-3H3. The van der Waals surface area contributed by atoms with Crippen LogP contribution in [0.1, 0.15) is 9.75 Å². The molecule has 0 spiro atoms. The fourth-order valence-corrected chi connectivity index (χ4v) is 4.60. The Hall–Kier alpha value is -1.57. The molecule has 0 atom stereocenters. The number of benzene rings is 1. The van der Waals surface area contributed by atoms with E-state index in [9.17, 15) is 8.42 Å². The maximum absolute atomic E-state index is 12.7. The number of anilines is 1. The van der Waals surface area contributed by atoms with Gasteiger partial charge in [-0.05, 0) is 37.3 Å². The van der Waals surface area contributed by atoms with Gasteiger partial charge >= 0.3 is 0 Å². The summed E-state index contributed by atoms with van der Waals surface area (Å²) < 4.78 is 31.6. The van der Waals surface area contributed by atoms with Crippen LogP contribution in [-0.2, 0) is 16.6 Å². The van der Waals surface area contributed by atoms with Gasteiger partial charge in [-0.2, -0.15) is 0 Å². The van der Waals surface area contributed by atoms with Crippen molar-refractivity contribution in [1.82, 2.24) is 0 Å². The molecule has 0 amide bonds. The average molecular weight is 327 g/mol. The first-order valence-electron chi connectivity index (χ1n) is 6.23. The fraction of sp³-hybridized carbons (Fsp3) is 0.286. The molecule has 5 nitrogen and oxygen atoms in total. The Morgan fingerprint density at radius 3 is 2.38 bits per heavy atom. The van der Waals surface area contributed by atoms with Crippen molar-refractivity contribution >= 4 is 27.0 Å². The quantitative estimate of drug-likeness (QED) is 0.915. The van der Waals surface area contributed by atoms with Gasteiger partial charge in [0, 0.05) is 16.8 Å². The van der Waals surface area contributed by atoms with Crippen molar-refractivity contribution in [2.24, 2.45) is 0 Å². The maximum atomic E-state index is 12.7. The number of rotatable bonds is 5. The van der Waals surface area contributed by atoms with Crippen LogP contribution >= 0.6 is 11.3 Å². The van der Waals surface area contributed by atoms with Crippen molar-refractivity contribution in [3.8, 4) is 5.75 Å². The van der Waals surface area contributed by atoms with E-state index in [2.05, 4.69) is 0 Å². The molecular formula is C14H17NO4S2. The van der Waals surface area contributed by atoms with E-state index < -0.39 is 10.0 Å². The molecule has 0 bridgehead atoms. The number of aliphatic hydroxyl groups is 1. The van der Waals surface area contributed by atoms with E-state index in [-0.39, 0.29) is 11.5 Å². The van der Waals surface area contributed by atoms with Gasteiger partial charge in [-0.3, -0.25) is 4.31 Å². The third-order valence-electron chi connectivity index (χ3n) is 3.15. The lowest BCUT2D eigenvalue weighted by Gasteiger charge is -2.19. The van der Waals surface area contributed by atoms with Gasteiger partial charge in [0.25, 0.3) is 10.0 Å². The zero-order valence-corrected chi connectivity index (χ0v) is 13.7. The molecule has 0 unspecified atom stereocenters. The van der Waals surface area contributed by atoms with Gasteiger partial charge in [-0.1, -0.05) is 0 Å². The summed E-state index contributed by atoms with van der Waals surface area (Å²) in [4.78, 5) is 1.53. The number of methoxy groups -OCH3 is 1. The van der Waals surface area contributed by atoms with E-state index in [1.165, 1.54) is 28.8 Å². The van der Waals surface area contributed by atoms with Gasteiger partial charge in [0.2, 0.25) is 0 Å². The van der Waals surface area contributed by atoms with Crippen LogP contribution in [0.5, 0.6) is 5.75 Å². The van der Waals surface area contributed by atoms with E-state index in [0.29, 0.717) is 21.2 Å². The third-order valence-corrected chi connectivity index (χ3v) is 6.23. The molecule has 1 aromatic heterocycles. The summed E-state index contributed by atoms with van der Waals surface area (Å²) >= 11 is 1.28. The highest BCUT2D eigenvalue weighted by Crippen LogP contribution is 2.30. The number of nitrogens with zero attached hydrogens (tertiary/aromatic N) is 1. The Morgan fingerprint density at radius 2 is 1.90 bits per heavy atom. The molecular weight excluding hydrogens is 310 g/mol. The molecule has 1 heterocycles. The minimum atomic E-state index is -3.64. The van der Waals surface area contributed by atoms with Crippen molar-refractivity contribution in [2.75, 3.05) is 18.5 Å². The van der Waals surface area contributed by atoms with Gasteiger partial charge in [-0.25, -0.2) is 8.42 Å². The topological polar surface area (TPSA) is 66.8 Å². The number of aliphatic hydroxyl groups excluding tert-OH is 1. The minimum Gasteiger partial charge on any atom is -0.497 e. The van der Waals surface area contributed by atoms with Crippen LogP contribution in [0.4, 0.5) is 5.69 Å². The highest BCUT2D eigenvalue weighted by molar-refractivity contribution is 7.93. The third kappa shape index (κ3) is 3.04. The first-order chi connectivity index (χ1) is 9.90. The zero-order chi connectivity index (χ0) is 15.6. The molecule has 2 rings (SSSR count). The first kappa shape index (κ1) is 15.8. The number of hydrogen-bond acceptors (Lipinski definition) is 5. The Kier molecular flexibility index (Phi) is 4.55. The van der Waals surface area contributed by atoms with Crippen LogP contribution in [0.2, 0.25) is 0 Å². The highest BCUT2D eigenvalue weighted by atomic mass is 32.2. The minimum absolute atomic E-state index is 0.159. The lowest BCUT2D eigenvalue weighted by molar-refractivity contribution is 0.285. The normalized spacial score (nSPS) is 11.4. The lowest BCUT2D eigenvalue weighted by atomic mass is 10.3. The summed E-state index contributed by atoms with van der Waals surface area (Å²) in [6.45, 7) is 1.58. The number of sulfonamides is 1. The molecule has 1 aromatic carbocycles. The lowest BCUT2D eigenvalue weighted by Crippen LogP contribution is -2.26. The van der Waals surface area contributed by atoms with Crippen LogP contribution in [-0.4, -0.2) is 27.7 Å². The molecule has 0 aliphatic heterocycles. The van der Waals surface area contributed by atoms with E-state index >= 15 is 0 Å². The van der Waals surface area contributed by atoms with Gasteiger partial charge in [0.05, 0.1) is 19.4 Å². The van der Waals surface area contributed by atoms with Crippen molar-refractivity contribution in [2.45, 2.75) is 18.4 Å². The average Bonchev–Trinajstić information content (AvgIpc) is 2.88. The van der Waals surface area contributed by atoms with Crippen LogP contribution < -0.4 is 9.04 Å². The fourth-order valence-electron chi connectivity index (χ4n) is 1.94. The monoisotopic (exact) mass is 327 g/mol. The highest BCUT2D eigenvalue weighted by Gasteiger charge is 2.25. The Bertz CT molecular complexity index is 720. The molecule has 21 heavy (non-hydrogen) atoms. The molecule has 1 N–H and O–H groups in total. The van der Waals surface area contributed by atoms with Crippen LogP contribution in [0.3, 0.4) is 0 Å². The molecule has 0 aliphatic carbocycles. The number of ether oxygens (including phenoxy) is 1. The summed E-state index contributed by atoms with van der Waals surface area (Å²) in [6.07, 6.45) is 0. The molecule has 0 aliphatic rings. The SMILES string of the molecule is COc1ccc(N(C)S(=O)(=O)c2cc(CO)sc2C)cc1. The predicted octanol–water partition coefficient (Wildman–Crippen LogP) is 2.38. The van der Waals surface area contributed by atoms with Gasteiger partial charge < -0.3 is 9.84 Å². The van der Waals surface area contributed by atoms with Crippen molar-refractivity contribution in [3.05, 3.63) is 40.1 Å². The van der Waals surface area contributed by atoms with E-state index in [4.69, 9.17) is 9.84 Å². The smallest absolute Gasteiger partial charge is 0.265 e. The molecule has 0 fully saturated rings. The van der Waals surface area contributed by atoms with Crippen molar-refractivity contribution in [3.63, 3.8) is 0 Å². The second-order valence-corrected chi connectivity index (χ2v) is 7.74. The Morgan fingerprint density at radius 1 is 1.29 bits per heavy atom. The van der Waals surface area contributed by atoms with Crippen LogP contribution in [0.25, 0.3) is 0 Å². The zero-order valence-electron chi connectivity index (χ0n) is 12.0. The Balaban J connectivity index is 2.39. The number of hydrogen-bond donors (Lipinski definition) is 1. The van der Waals surface area contributed by atoms with E-state index in [1.54, 1.807) is 38.3 Å². The van der Waals surface area contributed by atoms with Crippen molar-refractivity contribution < 1.29 is 18.3 Å². The van der Waals surface area contributed by atoms with Gasteiger partial charge in [0.1, 0.15) is 10.6 Å². The summed E-state index contributed by atoms with van der Waals surface area (Å²) in [5.74, 6) is 0.666. The molecule has 0 saturated carbocycles. The summed E-state index contributed by atoms with van der Waals surface area (Å²) in [5, 5.41) is 9.14. The van der Waals surface area contributed by atoms with Crippen LogP contribution in [0, 0.1) is 6.92 Å². The van der Waals surface area contributed by atoms with Crippen molar-refractivity contribution in [1.29, 1.82) is 0 Å². The first-order valence-corrected chi connectivity index (χ1v) is 8.49. The largest absolute Gasteiger partial charge is 0.497 e. The molecule has 2 aromatic rings. The second-order valence-electron chi connectivity index (χ2n) is 4.46. The van der Waals surface area contributed by atoms with Crippen LogP contribution in [0.15, 0.2) is 35.2 Å². The summed E-state index contributed by atoms with van der Waals surface area (Å²) in [6, 6.07) is 8.31. The molecule has 114 valence electrons. The number of thiophene rings is 1. The maximum Gasteiger partial charge on any atom is 0.265 e. The molecule has 7 heteroatoms. The number of aryl methyl sites for hydroxylation is 1.